The molecule has 0 aliphatic rings. The molecule has 0 N–H and O–H groups in total. The van der Waals surface area contributed by atoms with E-state index >= 15 is 0 Å². The third kappa shape index (κ3) is 8.96. The van der Waals surface area contributed by atoms with Crippen molar-refractivity contribution in [1.29, 1.82) is 0 Å². The number of rotatable bonds is 10. The van der Waals surface area contributed by atoms with Gasteiger partial charge in [-0.2, -0.15) is 0 Å². The van der Waals surface area contributed by atoms with Crippen molar-refractivity contribution in [2.45, 2.75) is 65.7 Å². The minimum absolute atomic E-state index is 0.169. The second-order valence-corrected chi connectivity index (χ2v) is 4.52. The monoisotopic (exact) mass is 239 g/mol. The standard InChI is InChI=1S/C15H29NO/c1-4-7-8-9-10-11-12-13-15(17)16(6-3)14-5-2/h12-13H,4-11,14H2,1-3H3. The van der Waals surface area contributed by atoms with Crippen LogP contribution in [0.5, 0.6) is 0 Å². The molecule has 0 aromatic heterocycles. The summed E-state index contributed by atoms with van der Waals surface area (Å²) < 4.78 is 0. The molecule has 0 radical (unpaired) electrons. The fourth-order valence-corrected chi connectivity index (χ4v) is 1.85. The Morgan fingerprint density at radius 3 is 2.29 bits per heavy atom. The Morgan fingerprint density at radius 2 is 1.71 bits per heavy atom. The average Bonchev–Trinajstić information content (AvgIpc) is 2.34. The quantitative estimate of drug-likeness (QED) is 0.414. The smallest absolute Gasteiger partial charge is 0.246 e. The summed E-state index contributed by atoms with van der Waals surface area (Å²) in [5, 5.41) is 0. The summed E-state index contributed by atoms with van der Waals surface area (Å²) in [6, 6.07) is 0. The van der Waals surface area contributed by atoms with Gasteiger partial charge in [0.1, 0.15) is 0 Å². The highest BCUT2D eigenvalue weighted by molar-refractivity contribution is 5.87. The van der Waals surface area contributed by atoms with Crippen molar-refractivity contribution in [3.63, 3.8) is 0 Å². The maximum absolute atomic E-state index is 11.7. The number of likely N-dealkylation sites (N-methyl/N-ethyl adjacent to an activating group) is 1. The number of carbonyl (C=O) groups excluding carboxylic acids is 1. The molecular formula is C15H29NO. The first-order chi connectivity index (χ1) is 8.26. The van der Waals surface area contributed by atoms with Gasteiger partial charge in [-0.3, -0.25) is 4.79 Å². The fourth-order valence-electron chi connectivity index (χ4n) is 1.85. The van der Waals surface area contributed by atoms with Crippen molar-refractivity contribution in [3.8, 4) is 0 Å². The van der Waals surface area contributed by atoms with Crippen molar-refractivity contribution in [1.82, 2.24) is 4.90 Å². The maximum Gasteiger partial charge on any atom is 0.246 e. The molecule has 2 heteroatoms. The Hall–Kier alpha value is -0.790. The van der Waals surface area contributed by atoms with E-state index in [4.69, 9.17) is 0 Å². The topological polar surface area (TPSA) is 20.3 Å². The van der Waals surface area contributed by atoms with E-state index < -0.39 is 0 Å². The van der Waals surface area contributed by atoms with Gasteiger partial charge < -0.3 is 4.90 Å². The lowest BCUT2D eigenvalue weighted by atomic mass is 10.1. The molecule has 2 nitrogen and oxygen atoms in total. The summed E-state index contributed by atoms with van der Waals surface area (Å²) in [5.74, 6) is 0.169. The first-order valence-electron chi connectivity index (χ1n) is 7.21. The highest BCUT2D eigenvalue weighted by Crippen LogP contribution is 2.05. The van der Waals surface area contributed by atoms with Crippen LogP contribution in [-0.2, 0) is 4.79 Å². The Kier molecular flexibility index (Phi) is 11.1. The van der Waals surface area contributed by atoms with Crippen LogP contribution >= 0.6 is 0 Å². The zero-order chi connectivity index (χ0) is 12.9. The summed E-state index contributed by atoms with van der Waals surface area (Å²) in [5.41, 5.74) is 0. The van der Waals surface area contributed by atoms with Crippen LogP contribution in [0, 0.1) is 0 Å². The van der Waals surface area contributed by atoms with Crippen molar-refractivity contribution >= 4 is 5.91 Å². The average molecular weight is 239 g/mol. The SMILES string of the molecule is CCCCCCCC=CC(=O)N(CC)CCC. The lowest BCUT2D eigenvalue weighted by Gasteiger charge is -2.17. The molecule has 0 atom stereocenters. The number of unbranched alkanes of at least 4 members (excludes halogenated alkanes) is 5. The summed E-state index contributed by atoms with van der Waals surface area (Å²) in [4.78, 5) is 13.6. The number of carbonyl (C=O) groups is 1. The Bertz CT molecular complexity index is 211. The molecule has 0 aromatic rings. The number of hydrogen-bond donors (Lipinski definition) is 0. The van der Waals surface area contributed by atoms with E-state index in [0.29, 0.717) is 0 Å². The summed E-state index contributed by atoms with van der Waals surface area (Å²) in [6.45, 7) is 8.05. The summed E-state index contributed by atoms with van der Waals surface area (Å²) >= 11 is 0. The molecule has 0 fully saturated rings. The first-order valence-corrected chi connectivity index (χ1v) is 7.21. The molecule has 0 spiro atoms. The maximum atomic E-state index is 11.7. The molecule has 0 rings (SSSR count). The third-order valence-corrected chi connectivity index (χ3v) is 2.92. The molecule has 0 heterocycles. The molecule has 17 heavy (non-hydrogen) atoms. The van der Waals surface area contributed by atoms with Crippen LogP contribution in [0.3, 0.4) is 0 Å². The molecule has 100 valence electrons. The molecule has 0 unspecified atom stereocenters. The van der Waals surface area contributed by atoms with Crippen molar-refractivity contribution < 1.29 is 4.79 Å². The van der Waals surface area contributed by atoms with E-state index in [0.717, 1.165) is 25.9 Å². The summed E-state index contributed by atoms with van der Waals surface area (Å²) in [6.07, 6.45) is 12.3. The van der Waals surface area contributed by atoms with E-state index in [1.54, 1.807) is 6.08 Å². The molecule has 0 aromatic carbocycles. The predicted octanol–water partition coefficient (Wildman–Crippen LogP) is 4.16. The Labute approximate surface area is 107 Å². The van der Waals surface area contributed by atoms with Crippen LogP contribution < -0.4 is 0 Å². The van der Waals surface area contributed by atoms with Crippen molar-refractivity contribution in [2.24, 2.45) is 0 Å². The van der Waals surface area contributed by atoms with E-state index in [-0.39, 0.29) is 5.91 Å². The molecule has 0 saturated heterocycles. The van der Waals surface area contributed by atoms with Crippen LogP contribution in [0.15, 0.2) is 12.2 Å². The van der Waals surface area contributed by atoms with Crippen LogP contribution in [-0.4, -0.2) is 23.9 Å². The molecule has 1 amide bonds. The minimum atomic E-state index is 0.169. The predicted molar refractivity (Wildman–Crippen MR) is 75.1 cm³/mol. The highest BCUT2D eigenvalue weighted by Gasteiger charge is 2.05. The summed E-state index contributed by atoms with van der Waals surface area (Å²) in [7, 11) is 0. The van der Waals surface area contributed by atoms with Gasteiger partial charge in [-0.05, 0) is 32.3 Å². The van der Waals surface area contributed by atoms with Crippen LogP contribution in [0.2, 0.25) is 0 Å². The van der Waals surface area contributed by atoms with Gasteiger partial charge in [0.15, 0.2) is 0 Å². The minimum Gasteiger partial charge on any atom is -0.339 e. The van der Waals surface area contributed by atoms with E-state index in [1.807, 2.05) is 17.9 Å². The van der Waals surface area contributed by atoms with Gasteiger partial charge in [-0.1, -0.05) is 45.6 Å². The fraction of sp³-hybridized carbons (Fsp3) is 0.800. The van der Waals surface area contributed by atoms with Crippen molar-refractivity contribution in [3.05, 3.63) is 12.2 Å². The van der Waals surface area contributed by atoms with Gasteiger partial charge in [0, 0.05) is 13.1 Å². The van der Waals surface area contributed by atoms with E-state index in [2.05, 4.69) is 13.8 Å². The van der Waals surface area contributed by atoms with E-state index in [9.17, 15) is 4.79 Å². The van der Waals surface area contributed by atoms with Gasteiger partial charge in [-0.25, -0.2) is 0 Å². The van der Waals surface area contributed by atoms with Gasteiger partial charge in [-0.15, -0.1) is 0 Å². The van der Waals surface area contributed by atoms with E-state index in [1.165, 1.54) is 32.1 Å². The lowest BCUT2D eigenvalue weighted by molar-refractivity contribution is -0.125. The lowest BCUT2D eigenvalue weighted by Crippen LogP contribution is -2.29. The van der Waals surface area contributed by atoms with Gasteiger partial charge in [0.05, 0.1) is 0 Å². The number of allylic oxidation sites excluding steroid dienone is 1. The molecule has 0 bridgehead atoms. The number of hydrogen-bond acceptors (Lipinski definition) is 1. The second-order valence-electron chi connectivity index (χ2n) is 4.52. The molecule has 0 saturated carbocycles. The normalized spacial score (nSPS) is 11.0. The molecule has 0 aliphatic carbocycles. The number of nitrogens with zero attached hydrogens (tertiary/aromatic N) is 1. The van der Waals surface area contributed by atoms with Gasteiger partial charge in [0.2, 0.25) is 5.91 Å². The van der Waals surface area contributed by atoms with Crippen LogP contribution in [0.1, 0.15) is 65.7 Å². The van der Waals surface area contributed by atoms with Crippen molar-refractivity contribution in [2.75, 3.05) is 13.1 Å². The largest absolute Gasteiger partial charge is 0.339 e. The number of amides is 1. The molecule has 0 aliphatic heterocycles. The van der Waals surface area contributed by atoms with Crippen LogP contribution in [0.25, 0.3) is 0 Å². The zero-order valence-electron chi connectivity index (χ0n) is 11.9. The van der Waals surface area contributed by atoms with Gasteiger partial charge >= 0.3 is 0 Å². The van der Waals surface area contributed by atoms with Crippen LogP contribution in [0.4, 0.5) is 0 Å². The highest BCUT2D eigenvalue weighted by atomic mass is 16.2. The Balaban J connectivity index is 3.64. The first kappa shape index (κ1) is 16.2. The Morgan fingerprint density at radius 1 is 1.00 bits per heavy atom. The van der Waals surface area contributed by atoms with Gasteiger partial charge in [0.25, 0.3) is 0 Å². The third-order valence-electron chi connectivity index (χ3n) is 2.92. The zero-order valence-corrected chi connectivity index (χ0v) is 11.9. The molecular weight excluding hydrogens is 210 g/mol. The second kappa shape index (κ2) is 11.7.